The lowest BCUT2D eigenvalue weighted by Crippen LogP contribution is -2.50. The van der Waals surface area contributed by atoms with E-state index in [4.69, 9.17) is 0 Å². The molecule has 0 aliphatic carbocycles. The summed E-state index contributed by atoms with van der Waals surface area (Å²) in [5.74, 6) is 1.64. The van der Waals surface area contributed by atoms with Gasteiger partial charge in [-0.2, -0.15) is 0 Å². The number of anilines is 2. The Bertz CT molecular complexity index is 797. The van der Waals surface area contributed by atoms with Crippen molar-refractivity contribution in [2.75, 3.05) is 36.4 Å². The van der Waals surface area contributed by atoms with Crippen LogP contribution in [-0.2, 0) is 9.59 Å². The number of benzene rings is 1. The summed E-state index contributed by atoms with van der Waals surface area (Å²) in [6, 6.07) is 14.0. The zero-order valence-corrected chi connectivity index (χ0v) is 17.4. The fourth-order valence-corrected chi connectivity index (χ4v) is 3.51. The van der Waals surface area contributed by atoms with E-state index in [1.807, 2.05) is 53.6 Å². The monoisotopic (exact) mass is 395 g/mol. The summed E-state index contributed by atoms with van der Waals surface area (Å²) in [5, 5.41) is 2.91. The highest BCUT2D eigenvalue weighted by Crippen LogP contribution is 2.17. The highest BCUT2D eigenvalue weighted by molar-refractivity contribution is 5.91. The van der Waals surface area contributed by atoms with Gasteiger partial charge in [-0.1, -0.05) is 32.0 Å². The molecular formula is C23H31N4O2+. The van der Waals surface area contributed by atoms with Crippen LogP contribution in [-0.4, -0.2) is 42.9 Å². The minimum Gasteiger partial charge on any atom is -0.335 e. The van der Waals surface area contributed by atoms with Crippen molar-refractivity contribution in [3.8, 4) is 0 Å². The average Bonchev–Trinajstić information content (AvgIpc) is 2.75. The Morgan fingerprint density at radius 3 is 2.34 bits per heavy atom. The molecule has 2 heterocycles. The molecule has 1 aromatic heterocycles. The number of aromatic nitrogens is 1. The molecule has 2 amide bonds. The second-order valence-corrected chi connectivity index (χ2v) is 7.79. The number of H-pyrrole nitrogens is 1. The molecule has 6 heteroatoms. The summed E-state index contributed by atoms with van der Waals surface area (Å²) >= 11 is 0. The van der Waals surface area contributed by atoms with Crippen LogP contribution in [0.2, 0.25) is 0 Å². The number of piperazine rings is 1. The lowest BCUT2D eigenvalue weighted by Gasteiger charge is -2.31. The SMILES string of the molecule is CC(C)c1ccc(NC(=O)CCCC(=O)N2CCN(c3cccc[nH+]3)CC2)cc1. The smallest absolute Gasteiger partial charge is 0.274 e. The topological polar surface area (TPSA) is 66.8 Å². The van der Waals surface area contributed by atoms with E-state index in [-0.39, 0.29) is 11.8 Å². The van der Waals surface area contributed by atoms with E-state index < -0.39 is 0 Å². The number of carbonyl (C=O) groups is 2. The average molecular weight is 396 g/mol. The van der Waals surface area contributed by atoms with Crippen LogP contribution in [0.25, 0.3) is 0 Å². The van der Waals surface area contributed by atoms with Gasteiger partial charge in [0.1, 0.15) is 13.1 Å². The van der Waals surface area contributed by atoms with Gasteiger partial charge in [0, 0.05) is 24.6 Å². The molecule has 1 aliphatic rings. The fraction of sp³-hybridized carbons (Fsp3) is 0.435. The lowest BCUT2D eigenvalue weighted by atomic mass is 10.0. The highest BCUT2D eigenvalue weighted by atomic mass is 16.2. The van der Waals surface area contributed by atoms with Crippen molar-refractivity contribution in [3.63, 3.8) is 0 Å². The van der Waals surface area contributed by atoms with Gasteiger partial charge in [0.15, 0.2) is 0 Å². The molecule has 0 spiro atoms. The third-order valence-electron chi connectivity index (χ3n) is 5.32. The molecule has 1 aliphatic heterocycles. The second-order valence-electron chi connectivity index (χ2n) is 7.79. The molecule has 0 radical (unpaired) electrons. The number of aromatic amines is 1. The molecule has 0 saturated carbocycles. The molecule has 0 bridgehead atoms. The van der Waals surface area contributed by atoms with Crippen LogP contribution < -0.4 is 15.2 Å². The Balaban J connectivity index is 1.36. The van der Waals surface area contributed by atoms with E-state index in [9.17, 15) is 9.59 Å². The summed E-state index contributed by atoms with van der Waals surface area (Å²) in [7, 11) is 0. The molecule has 0 unspecified atom stereocenters. The molecule has 2 N–H and O–H groups in total. The molecule has 1 fully saturated rings. The van der Waals surface area contributed by atoms with Gasteiger partial charge < -0.3 is 10.2 Å². The van der Waals surface area contributed by atoms with Crippen LogP contribution in [0.3, 0.4) is 0 Å². The minimum absolute atomic E-state index is 0.0421. The van der Waals surface area contributed by atoms with Crippen molar-refractivity contribution >= 4 is 23.3 Å². The van der Waals surface area contributed by atoms with Crippen LogP contribution in [0.1, 0.15) is 44.6 Å². The van der Waals surface area contributed by atoms with Crippen LogP contribution in [0.4, 0.5) is 11.5 Å². The van der Waals surface area contributed by atoms with Crippen molar-refractivity contribution in [2.45, 2.75) is 39.0 Å². The van der Waals surface area contributed by atoms with E-state index in [1.165, 1.54) is 5.56 Å². The molecule has 1 aromatic carbocycles. The minimum atomic E-state index is -0.0421. The van der Waals surface area contributed by atoms with E-state index in [1.54, 1.807) is 0 Å². The van der Waals surface area contributed by atoms with Crippen molar-refractivity contribution in [1.29, 1.82) is 0 Å². The number of pyridine rings is 1. The van der Waals surface area contributed by atoms with E-state index in [0.717, 1.165) is 37.7 Å². The first kappa shape index (κ1) is 20.8. The van der Waals surface area contributed by atoms with Gasteiger partial charge >= 0.3 is 0 Å². The number of amides is 2. The van der Waals surface area contributed by atoms with Gasteiger partial charge in [-0.25, -0.2) is 4.98 Å². The first-order valence-electron chi connectivity index (χ1n) is 10.4. The molecular weight excluding hydrogens is 364 g/mol. The van der Waals surface area contributed by atoms with Crippen molar-refractivity contribution in [2.24, 2.45) is 0 Å². The number of nitrogens with zero attached hydrogens (tertiary/aromatic N) is 2. The summed E-state index contributed by atoms with van der Waals surface area (Å²) in [5.41, 5.74) is 2.05. The molecule has 154 valence electrons. The maximum Gasteiger partial charge on any atom is 0.274 e. The summed E-state index contributed by atoms with van der Waals surface area (Å²) < 4.78 is 0. The predicted molar refractivity (Wildman–Crippen MR) is 115 cm³/mol. The highest BCUT2D eigenvalue weighted by Gasteiger charge is 2.25. The summed E-state index contributed by atoms with van der Waals surface area (Å²) in [4.78, 5) is 32.0. The first-order chi connectivity index (χ1) is 14.0. The Morgan fingerprint density at radius 2 is 1.72 bits per heavy atom. The normalized spacial score (nSPS) is 14.2. The van der Waals surface area contributed by atoms with Gasteiger partial charge in [-0.3, -0.25) is 14.5 Å². The Hall–Kier alpha value is -2.89. The van der Waals surface area contributed by atoms with Gasteiger partial charge in [0.05, 0.1) is 19.3 Å². The number of rotatable bonds is 7. The fourth-order valence-electron chi connectivity index (χ4n) is 3.51. The van der Waals surface area contributed by atoms with Gasteiger partial charge in [-0.15, -0.1) is 0 Å². The molecule has 2 aromatic rings. The molecule has 6 nitrogen and oxygen atoms in total. The molecule has 29 heavy (non-hydrogen) atoms. The lowest BCUT2D eigenvalue weighted by molar-refractivity contribution is -0.364. The second kappa shape index (κ2) is 10.0. The van der Waals surface area contributed by atoms with E-state index >= 15 is 0 Å². The number of carbonyl (C=O) groups excluding carboxylic acids is 2. The van der Waals surface area contributed by atoms with Crippen LogP contribution in [0.5, 0.6) is 0 Å². The zero-order chi connectivity index (χ0) is 20.6. The largest absolute Gasteiger partial charge is 0.335 e. The van der Waals surface area contributed by atoms with E-state index in [2.05, 4.69) is 29.0 Å². The zero-order valence-electron chi connectivity index (χ0n) is 17.4. The quantitative estimate of drug-likeness (QED) is 0.783. The number of nitrogens with one attached hydrogen (secondary N) is 2. The van der Waals surface area contributed by atoms with Crippen molar-refractivity contribution in [1.82, 2.24) is 4.90 Å². The molecule has 0 atom stereocenters. The van der Waals surface area contributed by atoms with Gasteiger partial charge in [0.25, 0.3) is 5.82 Å². The maximum absolute atomic E-state index is 12.5. The molecule has 3 rings (SSSR count). The van der Waals surface area contributed by atoms with Crippen molar-refractivity contribution < 1.29 is 14.6 Å². The molecule has 1 saturated heterocycles. The number of hydrogen-bond acceptors (Lipinski definition) is 3. The third-order valence-corrected chi connectivity index (χ3v) is 5.32. The number of hydrogen-bond donors (Lipinski definition) is 1. The third kappa shape index (κ3) is 6.04. The first-order valence-corrected chi connectivity index (χ1v) is 10.4. The van der Waals surface area contributed by atoms with E-state index in [0.29, 0.717) is 25.2 Å². The van der Waals surface area contributed by atoms with Crippen LogP contribution in [0, 0.1) is 0 Å². The van der Waals surface area contributed by atoms with Crippen molar-refractivity contribution in [3.05, 3.63) is 54.2 Å². The van der Waals surface area contributed by atoms with Crippen LogP contribution in [0.15, 0.2) is 48.7 Å². The summed E-state index contributed by atoms with van der Waals surface area (Å²) in [6.07, 6.45) is 3.26. The Labute approximate surface area is 172 Å². The Kier molecular flexibility index (Phi) is 7.22. The van der Waals surface area contributed by atoms with Gasteiger partial charge in [0.2, 0.25) is 11.8 Å². The maximum atomic E-state index is 12.5. The Morgan fingerprint density at radius 1 is 1.00 bits per heavy atom. The standard InChI is InChI=1S/C23H30N4O2/c1-18(2)19-9-11-20(12-10-19)25-22(28)7-5-8-23(29)27-16-14-26(15-17-27)21-6-3-4-13-24-21/h3-4,6,9-13,18H,5,7-8,14-17H2,1-2H3,(H,25,28)/p+1. The van der Waals surface area contributed by atoms with Crippen LogP contribution >= 0.6 is 0 Å². The summed E-state index contributed by atoms with van der Waals surface area (Å²) in [6.45, 7) is 7.36. The van der Waals surface area contributed by atoms with Gasteiger partial charge in [-0.05, 0) is 36.1 Å². The predicted octanol–water partition coefficient (Wildman–Crippen LogP) is 3.08.